The number of rotatable bonds is 2. The average Bonchev–Trinajstić information content (AvgIpc) is 2.06. The molecule has 0 spiro atoms. The summed E-state index contributed by atoms with van der Waals surface area (Å²) < 4.78 is 36.0. The molecule has 0 radical (unpaired) electrons. The van der Waals surface area contributed by atoms with Gasteiger partial charge in [-0.15, -0.1) is 0 Å². The molecule has 2 nitrogen and oxygen atoms in total. The molecule has 0 aliphatic rings. The molecule has 0 aliphatic carbocycles. The summed E-state index contributed by atoms with van der Waals surface area (Å²) in [6.07, 6.45) is 0. The fourth-order valence-electron chi connectivity index (χ4n) is 0.796. The number of halogens is 4. The SMILES string of the molecule is NNc1ccc(Cl)c(SC(F)(F)F)c1. The van der Waals surface area contributed by atoms with Crippen molar-refractivity contribution >= 4 is 29.1 Å². The summed E-state index contributed by atoms with van der Waals surface area (Å²) in [5.74, 6) is 5.05. The van der Waals surface area contributed by atoms with Crippen LogP contribution in [0.25, 0.3) is 0 Å². The summed E-state index contributed by atoms with van der Waals surface area (Å²) in [5.41, 5.74) is -1.73. The zero-order valence-electron chi connectivity index (χ0n) is 6.73. The molecule has 14 heavy (non-hydrogen) atoms. The highest BCUT2D eigenvalue weighted by Gasteiger charge is 2.30. The van der Waals surface area contributed by atoms with Crippen LogP contribution in [0.5, 0.6) is 0 Å². The number of benzene rings is 1. The number of hydrazine groups is 1. The Hall–Kier alpha value is -0.590. The van der Waals surface area contributed by atoms with Gasteiger partial charge in [-0.1, -0.05) is 11.6 Å². The summed E-state index contributed by atoms with van der Waals surface area (Å²) in [6.45, 7) is 0. The summed E-state index contributed by atoms with van der Waals surface area (Å²) in [4.78, 5) is -0.0744. The Labute approximate surface area is 87.6 Å². The second-order valence-electron chi connectivity index (χ2n) is 2.34. The number of nitrogens with one attached hydrogen (secondary N) is 1. The lowest BCUT2D eigenvalue weighted by Gasteiger charge is -2.08. The highest BCUT2D eigenvalue weighted by Crippen LogP contribution is 2.41. The number of alkyl halides is 3. The van der Waals surface area contributed by atoms with Gasteiger partial charge < -0.3 is 5.43 Å². The highest BCUT2D eigenvalue weighted by atomic mass is 35.5. The van der Waals surface area contributed by atoms with E-state index in [9.17, 15) is 13.2 Å². The van der Waals surface area contributed by atoms with Gasteiger partial charge in [0.1, 0.15) is 0 Å². The standard InChI is InChI=1S/C7H6ClF3N2S/c8-5-2-1-4(13-12)3-6(5)14-7(9,10)11/h1-3,13H,12H2. The number of nitrogens with two attached hydrogens (primary N) is 1. The third-order valence-electron chi connectivity index (χ3n) is 1.32. The minimum Gasteiger partial charge on any atom is -0.324 e. The van der Waals surface area contributed by atoms with Gasteiger partial charge in [-0.3, -0.25) is 5.84 Å². The molecule has 1 aromatic rings. The number of anilines is 1. The van der Waals surface area contributed by atoms with Crippen molar-refractivity contribution in [3.05, 3.63) is 23.2 Å². The van der Waals surface area contributed by atoms with Crippen LogP contribution in [0.4, 0.5) is 18.9 Å². The smallest absolute Gasteiger partial charge is 0.324 e. The predicted molar refractivity (Wildman–Crippen MR) is 51.2 cm³/mol. The van der Waals surface area contributed by atoms with Crippen LogP contribution >= 0.6 is 23.4 Å². The van der Waals surface area contributed by atoms with Crippen LogP contribution in [-0.2, 0) is 0 Å². The van der Waals surface area contributed by atoms with Crippen molar-refractivity contribution in [3.8, 4) is 0 Å². The van der Waals surface area contributed by atoms with E-state index in [-0.39, 0.29) is 21.7 Å². The maximum absolute atomic E-state index is 12.0. The Morgan fingerprint density at radius 2 is 2.00 bits per heavy atom. The predicted octanol–water partition coefficient (Wildman–Crippen LogP) is 3.24. The van der Waals surface area contributed by atoms with Crippen LogP contribution in [-0.4, -0.2) is 5.51 Å². The van der Waals surface area contributed by atoms with Gasteiger partial charge in [0.2, 0.25) is 0 Å². The third kappa shape index (κ3) is 3.28. The first-order valence-corrected chi connectivity index (χ1v) is 4.64. The Morgan fingerprint density at radius 3 is 2.50 bits per heavy atom. The normalized spacial score (nSPS) is 11.5. The number of hydrogen-bond donors (Lipinski definition) is 2. The van der Waals surface area contributed by atoms with Gasteiger partial charge in [0.05, 0.1) is 5.02 Å². The fourth-order valence-corrected chi connectivity index (χ4v) is 1.63. The van der Waals surface area contributed by atoms with Crippen molar-refractivity contribution in [1.29, 1.82) is 0 Å². The molecule has 1 aromatic carbocycles. The van der Waals surface area contributed by atoms with Crippen molar-refractivity contribution < 1.29 is 13.2 Å². The Kier molecular flexibility index (Phi) is 3.52. The van der Waals surface area contributed by atoms with Crippen molar-refractivity contribution in [2.24, 2.45) is 5.84 Å². The molecule has 0 atom stereocenters. The molecule has 0 aliphatic heterocycles. The average molecular weight is 243 g/mol. The molecule has 78 valence electrons. The highest BCUT2D eigenvalue weighted by molar-refractivity contribution is 8.00. The van der Waals surface area contributed by atoms with Gasteiger partial charge >= 0.3 is 5.51 Å². The van der Waals surface area contributed by atoms with Gasteiger partial charge in [0, 0.05) is 10.6 Å². The van der Waals surface area contributed by atoms with Crippen LogP contribution in [0.15, 0.2) is 23.1 Å². The van der Waals surface area contributed by atoms with E-state index in [1.807, 2.05) is 0 Å². The first-order valence-electron chi connectivity index (χ1n) is 3.44. The monoisotopic (exact) mass is 242 g/mol. The van der Waals surface area contributed by atoms with E-state index in [0.717, 1.165) is 0 Å². The molecule has 0 bridgehead atoms. The van der Waals surface area contributed by atoms with Gasteiger partial charge in [-0.25, -0.2) is 0 Å². The van der Waals surface area contributed by atoms with Gasteiger partial charge in [-0.05, 0) is 30.0 Å². The zero-order valence-corrected chi connectivity index (χ0v) is 8.30. The van der Waals surface area contributed by atoms with Crippen LogP contribution in [0.3, 0.4) is 0 Å². The number of hydrogen-bond acceptors (Lipinski definition) is 3. The number of nitrogen functional groups attached to an aromatic ring is 1. The quantitative estimate of drug-likeness (QED) is 0.475. The van der Waals surface area contributed by atoms with Crippen molar-refractivity contribution in [3.63, 3.8) is 0 Å². The Morgan fingerprint density at radius 1 is 1.36 bits per heavy atom. The summed E-state index contributed by atoms with van der Waals surface area (Å²) >= 11 is 5.30. The second-order valence-corrected chi connectivity index (χ2v) is 3.85. The minimum atomic E-state index is -4.35. The third-order valence-corrected chi connectivity index (χ3v) is 2.55. The van der Waals surface area contributed by atoms with Crippen LogP contribution < -0.4 is 11.3 Å². The lowest BCUT2D eigenvalue weighted by molar-refractivity contribution is -0.0328. The van der Waals surface area contributed by atoms with E-state index in [2.05, 4.69) is 5.43 Å². The lowest BCUT2D eigenvalue weighted by atomic mass is 10.3. The molecule has 7 heteroatoms. The van der Waals surface area contributed by atoms with Crippen molar-refractivity contribution in [2.45, 2.75) is 10.4 Å². The first-order chi connectivity index (χ1) is 6.42. The van der Waals surface area contributed by atoms with Gasteiger partial charge in [0.25, 0.3) is 0 Å². The van der Waals surface area contributed by atoms with Crippen LogP contribution in [0.2, 0.25) is 5.02 Å². The molecule has 0 aromatic heterocycles. The molecule has 1 rings (SSSR count). The van der Waals surface area contributed by atoms with Crippen molar-refractivity contribution in [1.82, 2.24) is 0 Å². The maximum atomic E-state index is 12.0. The molecule has 0 heterocycles. The fraction of sp³-hybridized carbons (Fsp3) is 0.143. The summed E-state index contributed by atoms with van der Waals surface area (Å²) in [7, 11) is 0. The Balaban J connectivity index is 2.95. The van der Waals surface area contributed by atoms with E-state index < -0.39 is 5.51 Å². The van der Waals surface area contributed by atoms with E-state index in [4.69, 9.17) is 17.4 Å². The largest absolute Gasteiger partial charge is 0.446 e. The molecule has 0 saturated heterocycles. The molecule has 0 unspecified atom stereocenters. The summed E-state index contributed by atoms with van der Waals surface area (Å²) in [5, 5.41) is 0.0475. The van der Waals surface area contributed by atoms with Crippen LogP contribution in [0, 0.1) is 0 Å². The van der Waals surface area contributed by atoms with E-state index in [1.165, 1.54) is 18.2 Å². The van der Waals surface area contributed by atoms with E-state index in [1.54, 1.807) is 0 Å². The Bertz CT molecular complexity index is 329. The van der Waals surface area contributed by atoms with E-state index in [0.29, 0.717) is 5.69 Å². The zero-order chi connectivity index (χ0) is 10.8. The molecule has 3 N–H and O–H groups in total. The lowest BCUT2D eigenvalue weighted by Crippen LogP contribution is -2.07. The molecule has 0 fully saturated rings. The maximum Gasteiger partial charge on any atom is 0.446 e. The van der Waals surface area contributed by atoms with E-state index >= 15 is 0 Å². The first kappa shape index (κ1) is 11.5. The van der Waals surface area contributed by atoms with Crippen molar-refractivity contribution in [2.75, 3.05) is 5.43 Å². The second kappa shape index (κ2) is 4.29. The topological polar surface area (TPSA) is 38.0 Å². The molecule has 0 amide bonds. The minimum absolute atomic E-state index is 0.0475. The molecular weight excluding hydrogens is 237 g/mol. The van der Waals surface area contributed by atoms with Gasteiger partial charge in [0.15, 0.2) is 0 Å². The summed E-state index contributed by atoms with van der Waals surface area (Å²) in [6, 6.07) is 4.08. The van der Waals surface area contributed by atoms with Crippen LogP contribution in [0.1, 0.15) is 0 Å². The molecule has 0 saturated carbocycles. The number of thioether (sulfide) groups is 1. The molecular formula is C7H6ClF3N2S. The van der Waals surface area contributed by atoms with Gasteiger partial charge in [-0.2, -0.15) is 13.2 Å².